The van der Waals surface area contributed by atoms with Crippen LogP contribution in [-0.2, 0) is 22.8 Å². The third-order valence-corrected chi connectivity index (χ3v) is 3.90. The van der Waals surface area contributed by atoms with E-state index in [0.29, 0.717) is 6.42 Å². The van der Waals surface area contributed by atoms with Crippen molar-refractivity contribution in [2.75, 3.05) is 25.1 Å². The molecule has 0 bridgehead atoms. The first-order valence-corrected chi connectivity index (χ1v) is 7.52. The summed E-state index contributed by atoms with van der Waals surface area (Å²) in [5.41, 5.74) is 2.46. The summed E-state index contributed by atoms with van der Waals surface area (Å²) in [5.74, 6) is 0.280. The molecule has 16 heavy (non-hydrogen) atoms. The second kappa shape index (κ2) is 4.55. The van der Waals surface area contributed by atoms with Gasteiger partial charge in [-0.1, -0.05) is 0 Å². The Morgan fingerprint density at radius 1 is 1.56 bits per heavy atom. The van der Waals surface area contributed by atoms with Gasteiger partial charge in [0.05, 0.1) is 11.9 Å². The van der Waals surface area contributed by atoms with Crippen molar-refractivity contribution in [2.45, 2.75) is 19.4 Å². The Morgan fingerprint density at radius 2 is 2.38 bits per heavy atom. The van der Waals surface area contributed by atoms with E-state index in [1.54, 1.807) is 0 Å². The van der Waals surface area contributed by atoms with E-state index in [4.69, 9.17) is 0 Å². The molecule has 2 heterocycles. The van der Waals surface area contributed by atoms with Gasteiger partial charge < -0.3 is 0 Å². The fourth-order valence-corrected chi connectivity index (χ4v) is 2.68. The van der Waals surface area contributed by atoms with Crippen molar-refractivity contribution >= 4 is 9.84 Å². The summed E-state index contributed by atoms with van der Waals surface area (Å²) in [6.45, 7) is 2.71. The molecule has 5 nitrogen and oxygen atoms in total. The van der Waals surface area contributed by atoms with E-state index in [1.807, 2.05) is 6.20 Å². The third kappa shape index (κ3) is 3.05. The molecule has 1 N–H and O–H groups in total. The summed E-state index contributed by atoms with van der Waals surface area (Å²) in [7, 11) is -2.82. The normalized spacial score (nSPS) is 17.3. The zero-order valence-corrected chi connectivity index (χ0v) is 10.3. The van der Waals surface area contributed by atoms with Crippen LogP contribution in [0.5, 0.6) is 0 Å². The lowest BCUT2D eigenvalue weighted by Gasteiger charge is -2.25. The molecule has 0 saturated carbocycles. The van der Waals surface area contributed by atoms with E-state index in [1.165, 1.54) is 17.5 Å². The Labute approximate surface area is 95.8 Å². The summed E-state index contributed by atoms with van der Waals surface area (Å²) in [6.07, 6.45) is 4.84. The average molecular weight is 243 g/mol. The maximum Gasteiger partial charge on any atom is 0.147 e. The van der Waals surface area contributed by atoms with Gasteiger partial charge in [0.2, 0.25) is 0 Å². The minimum atomic E-state index is -2.82. The van der Waals surface area contributed by atoms with E-state index >= 15 is 0 Å². The van der Waals surface area contributed by atoms with Crippen LogP contribution in [0.15, 0.2) is 6.20 Å². The predicted molar refractivity (Wildman–Crippen MR) is 61.9 cm³/mol. The van der Waals surface area contributed by atoms with Crippen LogP contribution in [0.2, 0.25) is 0 Å². The topological polar surface area (TPSA) is 66.1 Å². The van der Waals surface area contributed by atoms with Gasteiger partial charge in [0.1, 0.15) is 9.84 Å². The monoisotopic (exact) mass is 243 g/mol. The third-order valence-electron chi connectivity index (χ3n) is 2.87. The molecule has 0 aromatic carbocycles. The maximum atomic E-state index is 11.0. The molecule has 1 aliphatic rings. The highest BCUT2D eigenvalue weighted by molar-refractivity contribution is 7.90. The zero-order valence-electron chi connectivity index (χ0n) is 9.44. The van der Waals surface area contributed by atoms with Crippen molar-refractivity contribution in [3.8, 4) is 0 Å². The number of fused-ring (bicyclic) bond motifs is 1. The number of aromatic nitrogens is 2. The van der Waals surface area contributed by atoms with Crippen LogP contribution in [0.3, 0.4) is 0 Å². The molecule has 0 atom stereocenters. The molecule has 0 amide bonds. The van der Waals surface area contributed by atoms with Crippen molar-refractivity contribution in [3.63, 3.8) is 0 Å². The summed E-state index contributed by atoms with van der Waals surface area (Å²) in [4.78, 5) is 2.28. The molecule has 6 heteroatoms. The first-order valence-electron chi connectivity index (χ1n) is 5.46. The molecule has 90 valence electrons. The first kappa shape index (κ1) is 11.6. The van der Waals surface area contributed by atoms with E-state index < -0.39 is 9.84 Å². The molecule has 0 aliphatic carbocycles. The molecular formula is C10H17N3O2S. The Morgan fingerprint density at radius 3 is 3.12 bits per heavy atom. The summed E-state index contributed by atoms with van der Waals surface area (Å²) < 4.78 is 22.0. The summed E-state index contributed by atoms with van der Waals surface area (Å²) in [6, 6.07) is 0. The van der Waals surface area contributed by atoms with Gasteiger partial charge >= 0.3 is 0 Å². The molecule has 1 aromatic rings. The lowest BCUT2D eigenvalue weighted by atomic mass is 10.1. The minimum Gasteiger partial charge on any atom is -0.299 e. The molecule has 1 aromatic heterocycles. The molecule has 0 saturated heterocycles. The van der Waals surface area contributed by atoms with Gasteiger partial charge in [-0.25, -0.2) is 8.42 Å². The van der Waals surface area contributed by atoms with Crippen molar-refractivity contribution in [2.24, 2.45) is 0 Å². The second-order valence-electron chi connectivity index (χ2n) is 4.38. The van der Waals surface area contributed by atoms with Gasteiger partial charge in [-0.3, -0.25) is 10.00 Å². The Bertz CT molecular complexity index is 452. The van der Waals surface area contributed by atoms with E-state index in [2.05, 4.69) is 15.1 Å². The molecule has 0 spiro atoms. The number of hydrogen-bond acceptors (Lipinski definition) is 4. The van der Waals surface area contributed by atoms with Gasteiger partial charge in [0.25, 0.3) is 0 Å². The molecule has 0 unspecified atom stereocenters. The Balaban J connectivity index is 1.81. The SMILES string of the molecule is CS(=O)(=O)CCCN1CCc2[nH]ncc2C1. The summed E-state index contributed by atoms with van der Waals surface area (Å²) in [5, 5.41) is 7.00. The van der Waals surface area contributed by atoms with Gasteiger partial charge in [-0.05, 0) is 13.0 Å². The standard InChI is InChI=1S/C10H17N3O2S/c1-16(14,15)6-2-4-13-5-3-10-9(8-13)7-11-12-10/h7H,2-6,8H2,1H3,(H,11,12). The zero-order chi connectivity index (χ0) is 11.6. The average Bonchev–Trinajstić information content (AvgIpc) is 2.62. The molecule has 0 fully saturated rings. The minimum absolute atomic E-state index is 0.280. The number of sulfone groups is 1. The molecule has 2 rings (SSSR count). The Hall–Kier alpha value is -0.880. The van der Waals surface area contributed by atoms with Gasteiger partial charge in [0.15, 0.2) is 0 Å². The smallest absolute Gasteiger partial charge is 0.147 e. The van der Waals surface area contributed by atoms with Crippen LogP contribution in [-0.4, -0.2) is 48.6 Å². The van der Waals surface area contributed by atoms with Crippen molar-refractivity contribution in [1.29, 1.82) is 0 Å². The van der Waals surface area contributed by atoms with Crippen LogP contribution in [0, 0.1) is 0 Å². The molecule has 0 radical (unpaired) electrons. The van der Waals surface area contributed by atoms with Crippen LogP contribution < -0.4 is 0 Å². The maximum absolute atomic E-state index is 11.0. The predicted octanol–water partition coefficient (Wildman–Crippen LogP) is 0.203. The van der Waals surface area contributed by atoms with Crippen LogP contribution in [0.25, 0.3) is 0 Å². The van der Waals surface area contributed by atoms with Crippen molar-refractivity contribution in [3.05, 3.63) is 17.5 Å². The quantitative estimate of drug-likeness (QED) is 0.820. The van der Waals surface area contributed by atoms with E-state index in [0.717, 1.165) is 26.1 Å². The molecular weight excluding hydrogens is 226 g/mol. The van der Waals surface area contributed by atoms with Crippen molar-refractivity contribution in [1.82, 2.24) is 15.1 Å². The lowest BCUT2D eigenvalue weighted by molar-refractivity contribution is 0.254. The number of H-pyrrole nitrogens is 1. The fraction of sp³-hybridized carbons (Fsp3) is 0.700. The number of aromatic amines is 1. The van der Waals surface area contributed by atoms with E-state index in [9.17, 15) is 8.42 Å². The van der Waals surface area contributed by atoms with Crippen LogP contribution in [0.1, 0.15) is 17.7 Å². The van der Waals surface area contributed by atoms with Gasteiger partial charge in [0, 0.05) is 37.0 Å². The largest absolute Gasteiger partial charge is 0.299 e. The molecule has 1 aliphatic heterocycles. The second-order valence-corrected chi connectivity index (χ2v) is 6.64. The first-order chi connectivity index (χ1) is 7.54. The number of nitrogens with one attached hydrogen (secondary N) is 1. The highest BCUT2D eigenvalue weighted by atomic mass is 32.2. The number of hydrogen-bond donors (Lipinski definition) is 1. The van der Waals surface area contributed by atoms with Crippen molar-refractivity contribution < 1.29 is 8.42 Å². The van der Waals surface area contributed by atoms with Crippen LogP contribution in [0.4, 0.5) is 0 Å². The fourth-order valence-electron chi connectivity index (χ4n) is 2.02. The number of rotatable bonds is 4. The summed E-state index contributed by atoms with van der Waals surface area (Å²) >= 11 is 0. The van der Waals surface area contributed by atoms with E-state index in [-0.39, 0.29) is 5.75 Å². The number of nitrogens with zero attached hydrogens (tertiary/aromatic N) is 2. The van der Waals surface area contributed by atoms with Crippen LogP contribution >= 0.6 is 0 Å². The highest BCUT2D eigenvalue weighted by Crippen LogP contribution is 2.15. The van der Waals surface area contributed by atoms with Gasteiger partial charge in [-0.15, -0.1) is 0 Å². The Kier molecular flexibility index (Phi) is 3.30. The lowest BCUT2D eigenvalue weighted by Crippen LogP contribution is -2.31. The van der Waals surface area contributed by atoms with Gasteiger partial charge in [-0.2, -0.15) is 5.10 Å². The highest BCUT2D eigenvalue weighted by Gasteiger charge is 2.17.